The van der Waals surface area contributed by atoms with Crippen molar-refractivity contribution in [3.05, 3.63) is 12.2 Å². The number of esters is 2. The van der Waals surface area contributed by atoms with Gasteiger partial charge < -0.3 is 50.1 Å². The number of aliphatic hydroxyl groups excluding tert-OH is 7. The first-order valence-electron chi connectivity index (χ1n) is 24.6. The minimum absolute atomic E-state index is 0.0251. The molecule has 0 aromatic rings. The number of ketones is 1. The van der Waals surface area contributed by atoms with Crippen molar-refractivity contribution in [3.63, 3.8) is 0 Å². The molecule has 2 bridgehead atoms. The third kappa shape index (κ3) is 23.8. The highest BCUT2D eigenvalue weighted by Crippen LogP contribution is 2.47. The molecule has 2 rings (SSSR count). The van der Waals surface area contributed by atoms with Crippen LogP contribution >= 0.6 is 7.82 Å². The van der Waals surface area contributed by atoms with E-state index in [2.05, 4.69) is 6.92 Å². The van der Waals surface area contributed by atoms with Crippen LogP contribution in [-0.2, 0) is 37.5 Å². The Morgan fingerprint density at radius 1 is 0.734 bits per heavy atom. The maximum atomic E-state index is 13.6. The molecule has 17 heteroatoms. The lowest BCUT2D eigenvalue weighted by Gasteiger charge is -2.36. The van der Waals surface area contributed by atoms with E-state index in [-0.39, 0.29) is 19.3 Å². The van der Waals surface area contributed by atoms with Crippen LogP contribution < -0.4 is 0 Å². The Labute approximate surface area is 382 Å². The van der Waals surface area contributed by atoms with Crippen LogP contribution in [0.4, 0.5) is 0 Å². The van der Waals surface area contributed by atoms with Gasteiger partial charge in [-0.2, -0.15) is 0 Å². The summed E-state index contributed by atoms with van der Waals surface area (Å²) in [6.07, 6.45) is 6.21. The monoisotopic (exact) mass is 937 g/mol. The van der Waals surface area contributed by atoms with E-state index in [1.165, 1.54) is 76.4 Å². The number of unbranched alkanes of at least 4 members (excludes halogenated alkanes) is 16. The van der Waals surface area contributed by atoms with E-state index in [4.69, 9.17) is 18.5 Å². The smallest absolute Gasteiger partial charge is 0.462 e. The van der Waals surface area contributed by atoms with Crippen molar-refractivity contribution in [2.75, 3.05) is 13.2 Å². The van der Waals surface area contributed by atoms with Gasteiger partial charge in [0.05, 0.1) is 31.0 Å². The predicted octanol–water partition coefficient (Wildman–Crippen LogP) is 6.43. The van der Waals surface area contributed by atoms with Gasteiger partial charge in [-0.3, -0.25) is 23.4 Å². The van der Waals surface area contributed by atoms with Crippen molar-refractivity contribution >= 4 is 25.5 Å². The van der Waals surface area contributed by atoms with E-state index in [9.17, 15) is 59.6 Å². The minimum Gasteiger partial charge on any atom is -0.462 e. The summed E-state index contributed by atoms with van der Waals surface area (Å²) in [6.45, 7) is 2.85. The number of fused-ring (bicyclic) bond motifs is 4. The van der Waals surface area contributed by atoms with Gasteiger partial charge in [0.2, 0.25) is 0 Å². The second kappa shape index (κ2) is 33.6. The molecular weight excluding hydrogens is 851 g/mol. The number of phosphoric acid groups is 1. The molecule has 1 aliphatic carbocycles. The molecule has 64 heavy (non-hydrogen) atoms. The molecule has 0 spiro atoms. The van der Waals surface area contributed by atoms with Crippen LogP contribution in [0.5, 0.6) is 0 Å². The lowest BCUT2D eigenvalue weighted by Crippen LogP contribution is -2.55. The highest BCUT2D eigenvalue weighted by molar-refractivity contribution is 7.47. The predicted molar refractivity (Wildman–Crippen MR) is 241 cm³/mol. The van der Waals surface area contributed by atoms with Gasteiger partial charge in [-0.25, -0.2) is 4.57 Å². The average molecular weight is 937 g/mol. The third-order valence-corrected chi connectivity index (χ3v) is 13.5. The summed E-state index contributed by atoms with van der Waals surface area (Å²) >= 11 is 0. The van der Waals surface area contributed by atoms with Crippen LogP contribution in [0, 0.1) is 11.8 Å². The number of carbonyl (C=O) groups is 3. The minimum atomic E-state index is -5.44. The number of phosphoric ester groups is 1. The summed E-state index contributed by atoms with van der Waals surface area (Å²) < 4.78 is 34.7. The Balaban J connectivity index is 2.12. The summed E-state index contributed by atoms with van der Waals surface area (Å²) in [4.78, 5) is 50.0. The number of ether oxygens (including phenoxy) is 2. The van der Waals surface area contributed by atoms with Gasteiger partial charge in [0.15, 0.2) is 6.10 Å². The highest BCUT2D eigenvalue weighted by atomic mass is 31.2. The molecule has 1 saturated heterocycles. The molecule has 1 heterocycles. The third-order valence-electron chi connectivity index (χ3n) is 12.5. The summed E-state index contributed by atoms with van der Waals surface area (Å²) in [5, 5.41) is 78.5. The lowest BCUT2D eigenvalue weighted by atomic mass is 9.83. The van der Waals surface area contributed by atoms with Gasteiger partial charge in [0.1, 0.15) is 36.8 Å². The highest BCUT2D eigenvalue weighted by Gasteiger charge is 2.49. The Bertz CT molecular complexity index is 1350. The van der Waals surface area contributed by atoms with Gasteiger partial charge >= 0.3 is 19.8 Å². The van der Waals surface area contributed by atoms with E-state index in [1.54, 1.807) is 0 Å². The fraction of sp³-hybridized carbons (Fsp3) is 0.894. The van der Waals surface area contributed by atoms with Crippen LogP contribution in [0.1, 0.15) is 187 Å². The van der Waals surface area contributed by atoms with E-state index in [0.717, 1.165) is 38.5 Å². The molecule has 0 aromatic carbocycles. The number of carbonyl (C=O) groups excluding carboxylic acids is 3. The van der Waals surface area contributed by atoms with Gasteiger partial charge in [0, 0.05) is 31.1 Å². The van der Waals surface area contributed by atoms with Crippen LogP contribution in [0.3, 0.4) is 0 Å². The molecule has 1 unspecified atom stereocenters. The molecule has 8 N–H and O–H groups in total. The first-order chi connectivity index (χ1) is 30.6. The van der Waals surface area contributed by atoms with Gasteiger partial charge in [-0.05, 0) is 25.7 Å². The molecule has 0 radical (unpaired) electrons. The second-order valence-electron chi connectivity index (χ2n) is 18.1. The normalized spacial score (nSPS) is 31.3. The quantitative estimate of drug-likeness (QED) is 0.0224. The SMILES string of the molecule is CCCCCCCCCCCCCCCCCC(=O)OC[C@@H]1COP(=O)(O)O[C@H]2[C@H](O)[C@@H](O)[C@H](O)[C@@H](CCCCCCC(=O)O1)C(=O)C[C@@H](O)[C@H](/C=C\[C@@H](O)CCCCC)[C@@H](O)[C@H]2O. The molecule has 2 aliphatic rings. The zero-order valence-corrected chi connectivity index (χ0v) is 39.7. The summed E-state index contributed by atoms with van der Waals surface area (Å²) in [5.41, 5.74) is 0. The zero-order chi connectivity index (χ0) is 47.3. The van der Waals surface area contributed by atoms with Crippen LogP contribution in [0.15, 0.2) is 12.2 Å². The number of Topliss-reactive ketones (excluding diaryl/α,β-unsaturated/α-hetero) is 1. The van der Waals surface area contributed by atoms with Crippen molar-refractivity contribution in [2.45, 2.75) is 242 Å². The van der Waals surface area contributed by atoms with Crippen molar-refractivity contribution in [1.82, 2.24) is 0 Å². The lowest BCUT2D eigenvalue weighted by molar-refractivity contribution is -0.166. The van der Waals surface area contributed by atoms with Crippen molar-refractivity contribution in [2.24, 2.45) is 11.8 Å². The Morgan fingerprint density at radius 3 is 1.89 bits per heavy atom. The first-order valence-corrected chi connectivity index (χ1v) is 26.1. The molecule has 1 aliphatic heterocycles. The fourth-order valence-corrected chi connectivity index (χ4v) is 9.41. The van der Waals surface area contributed by atoms with Crippen molar-refractivity contribution < 1.29 is 78.1 Å². The molecule has 2 fully saturated rings. The first kappa shape index (κ1) is 58.3. The summed E-state index contributed by atoms with van der Waals surface area (Å²) in [5.74, 6) is -4.85. The summed E-state index contributed by atoms with van der Waals surface area (Å²) in [6, 6.07) is 0. The van der Waals surface area contributed by atoms with E-state index >= 15 is 0 Å². The maximum absolute atomic E-state index is 13.6. The molecule has 12 atom stereocenters. The molecule has 1 saturated carbocycles. The topological polar surface area (TPSA) is 267 Å². The van der Waals surface area contributed by atoms with Crippen LogP contribution in [0.25, 0.3) is 0 Å². The Hall–Kier alpha value is -1.82. The van der Waals surface area contributed by atoms with E-state index < -0.39 is 112 Å². The second-order valence-corrected chi connectivity index (χ2v) is 19.5. The number of rotatable bonds is 24. The molecule has 0 amide bonds. The van der Waals surface area contributed by atoms with Crippen molar-refractivity contribution in [1.29, 1.82) is 0 Å². The standard InChI is InChI=1S/C47H85O16P/c1-3-5-7-8-9-10-11-12-13-14-15-16-17-18-23-27-40(51)60-32-35-33-61-64(58,59)63-47-45(56)43(54)37(30-29-34(48)25-21-6-4-2)39(50)31-38(49)36(42(53)44(55)46(47)57)26-22-19-20-24-28-41(52)62-35/h29-30,34-37,39,42-48,50,53-57H,3-28,31-33H2,1-2H3,(H,58,59)/b30-29-/t34-,35+,36-,37-,39+,42+,43+,44-,45+,46+,47+/m0/s1. The van der Waals surface area contributed by atoms with Crippen molar-refractivity contribution in [3.8, 4) is 0 Å². The summed E-state index contributed by atoms with van der Waals surface area (Å²) in [7, 11) is -5.44. The van der Waals surface area contributed by atoms with E-state index in [0.29, 0.717) is 44.9 Å². The molecular formula is C47H85O16P. The van der Waals surface area contributed by atoms with Crippen LogP contribution in [-0.4, -0.2) is 127 Å². The molecule has 374 valence electrons. The number of aliphatic hydroxyl groups is 7. The Morgan fingerprint density at radius 2 is 1.28 bits per heavy atom. The van der Waals surface area contributed by atoms with Gasteiger partial charge in [-0.15, -0.1) is 0 Å². The van der Waals surface area contributed by atoms with E-state index in [1.807, 2.05) is 6.92 Å². The number of hydrogen-bond donors (Lipinski definition) is 8. The number of cyclic esters (lactones) is 1. The largest absolute Gasteiger partial charge is 0.472 e. The average Bonchev–Trinajstić information content (AvgIpc) is 3.26. The zero-order valence-electron chi connectivity index (χ0n) is 38.8. The fourth-order valence-electron chi connectivity index (χ4n) is 8.43. The maximum Gasteiger partial charge on any atom is 0.472 e. The van der Waals surface area contributed by atoms with Gasteiger partial charge in [0.25, 0.3) is 0 Å². The molecule has 16 nitrogen and oxygen atoms in total. The number of hydrogen-bond acceptors (Lipinski definition) is 15. The van der Waals surface area contributed by atoms with Gasteiger partial charge in [-0.1, -0.05) is 154 Å². The van der Waals surface area contributed by atoms with Crippen LogP contribution in [0.2, 0.25) is 0 Å². The molecule has 0 aromatic heterocycles. The Kier molecular flexibility index (Phi) is 30.6.